The van der Waals surface area contributed by atoms with Crippen LogP contribution in [-0.4, -0.2) is 82.6 Å². The minimum Gasteiger partial charge on any atom is -0.372 e. The summed E-state index contributed by atoms with van der Waals surface area (Å²) in [6.45, 7) is 4.57. The van der Waals surface area contributed by atoms with Gasteiger partial charge in [0.25, 0.3) is 0 Å². The Hall–Kier alpha value is -2.24. The van der Waals surface area contributed by atoms with Crippen molar-refractivity contribution in [2.75, 3.05) is 45.9 Å². The molecule has 3 rings (SSSR count). The van der Waals surface area contributed by atoms with E-state index in [1.807, 2.05) is 40.7 Å². The Bertz CT molecular complexity index is 951. The average Bonchev–Trinajstić information content (AvgIpc) is 3.12. The maximum Gasteiger partial charge on any atom is 0.411 e. The van der Waals surface area contributed by atoms with Gasteiger partial charge in [-0.3, -0.25) is 19.4 Å². The molecule has 7 nitrogen and oxygen atoms in total. The van der Waals surface area contributed by atoms with Crippen LogP contribution < -0.4 is 0 Å². The van der Waals surface area contributed by atoms with E-state index in [0.29, 0.717) is 62.7 Å². The van der Waals surface area contributed by atoms with Crippen molar-refractivity contribution < 1.29 is 22.7 Å². The van der Waals surface area contributed by atoms with E-state index >= 15 is 0 Å². The van der Waals surface area contributed by atoms with E-state index in [1.165, 1.54) is 0 Å². The zero-order valence-corrected chi connectivity index (χ0v) is 18.8. The fraction of sp³-hybridized carbons (Fsp3) is 0.571. The molecule has 0 aliphatic carbocycles. The Labute approximate surface area is 190 Å². The van der Waals surface area contributed by atoms with Crippen LogP contribution in [0.2, 0.25) is 0 Å². The number of nitrogens with zero attached hydrogens (tertiary/aromatic N) is 4. The number of amides is 1. The summed E-state index contributed by atoms with van der Waals surface area (Å²) in [6.07, 6.45) is -3.43. The molecule has 1 aliphatic rings. The number of nitrogens with one attached hydrogen (secondary N) is 1. The number of carbonyl (C=O) groups is 1. The molecule has 1 aromatic heterocycles. The number of hydrogen-bond acceptors (Lipinski definition) is 5. The highest BCUT2D eigenvalue weighted by Gasteiger charge is 2.27. The third kappa shape index (κ3) is 7.14. The second-order valence-electron chi connectivity index (χ2n) is 7.87. The molecule has 1 aliphatic heterocycles. The van der Waals surface area contributed by atoms with Gasteiger partial charge in [-0.15, -0.1) is 0 Å². The fourth-order valence-electron chi connectivity index (χ4n) is 3.69. The van der Waals surface area contributed by atoms with Gasteiger partial charge in [-0.2, -0.15) is 18.3 Å². The minimum absolute atomic E-state index is 0.0523. The van der Waals surface area contributed by atoms with Crippen molar-refractivity contribution in [3.63, 3.8) is 0 Å². The number of aromatic nitrogens is 3. The van der Waals surface area contributed by atoms with Crippen LogP contribution in [0.25, 0.3) is 11.4 Å². The number of rotatable bonds is 9. The molecule has 32 heavy (non-hydrogen) atoms. The molecule has 1 N–H and O–H groups in total. The summed E-state index contributed by atoms with van der Waals surface area (Å²) in [5.74, 6) is 0.764. The standard InChI is InChI=1S/C21H28F3N5O2S/c1-16-4-2-5-17(14-16)19-25-26-20(32)29(19)8-6-18(30)28-11-9-27(10-12-28)7-3-13-31-15-21(22,23)24/h2,4-5,14H,3,6-13,15H2,1H3,(H,26,32). The lowest BCUT2D eigenvalue weighted by molar-refractivity contribution is -0.174. The van der Waals surface area contributed by atoms with E-state index in [9.17, 15) is 18.0 Å². The first-order valence-corrected chi connectivity index (χ1v) is 11.0. The first-order chi connectivity index (χ1) is 15.2. The lowest BCUT2D eigenvalue weighted by Gasteiger charge is -2.34. The molecule has 0 unspecified atom stereocenters. The molecule has 0 atom stereocenters. The summed E-state index contributed by atoms with van der Waals surface area (Å²) in [5.41, 5.74) is 2.06. The van der Waals surface area contributed by atoms with Crippen LogP contribution in [-0.2, 0) is 16.1 Å². The van der Waals surface area contributed by atoms with E-state index in [4.69, 9.17) is 12.2 Å². The molecule has 2 aromatic rings. The van der Waals surface area contributed by atoms with Gasteiger partial charge in [0.1, 0.15) is 6.61 Å². The number of benzene rings is 1. The third-order valence-electron chi connectivity index (χ3n) is 5.34. The molecular formula is C21H28F3N5O2S. The number of alkyl halides is 3. The molecule has 0 spiro atoms. The van der Waals surface area contributed by atoms with E-state index in [-0.39, 0.29) is 12.5 Å². The monoisotopic (exact) mass is 471 g/mol. The smallest absolute Gasteiger partial charge is 0.372 e. The van der Waals surface area contributed by atoms with Crippen LogP contribution in [0.1, 0.15) is 18.4 Å². The Morgan fingerprint density at radius 3 is 2.66 bits per heavy atom. The van der Waals surface area contributed by atoms with Crippen LogP contribution in [0.5, 0.6) is 0 Å². The van der Waals surface area contributed by atoms with Gasteiger partial charge in [-0.05, 0) is 31.6 Å². The number of halogens is 3. The predicted octanol–water partition coefficient (Wildman–Crippen LogP) is 3.42. The zero-order valence-electron chi connectivity index (χ0n) is 18.0. The SMILES string of the molecule is Cc1cccc(-c2n[nH]c(=S)n2CCC(=O)N2CCN(CCCOCC(F)(F)F)CC2)c1. The van der Waals surface area contributed by atoms with E-state index in [1.54, 1.807) is 0 Å². The maximum absolute atomic E-state index is 12.7. The molecule has 0 bridgehead atoms. The Morgan fingerprint density at radius 2 is 1.97 bits per heavy atom. The normalized spacial score (nSPS) is 15.3. The third-order valence-corrected chi connectivity index (χ3v) is 5.65. The summed E-state index contributed by atoms with van der Waals surface area (Å²) in [7, 11) is 0. The van der Waals surface area contributed by atoms with Gasteiger partial charge in [0.15, 0.2) is 10.6 Å². The summed E-state index contributed by atoms with van der Waals surface area (Å²) in [4.78, 5) is 16.7. The van der Waals surface area contributed by atoms with Gasteiger partial charge in [0, 0.05) is 57.9 Å². The minimum atomic E-state index is -4.28. The van der Waals surface area contributed by atoms with Crippen molar-refractivity contribution in [1.82, 2.24) is 24.6 Å². The van der Waals surface area contributed by atoms with Crippen LogP contribution in [0.3, 0.4) is 0 Å². The van der Waals surface area contributed by atoms with Gasteiger partial charge >= 0.3 is 6.18 Å². The highest BCUT2D eigenvalue weighted by atomic mass is 32.1. The summed E-state index contributed by atoms with van der Waals surface area (Å²) < 4.78 is 43.2. The molecule has 176 valence electrons. The molecule has 0 radical (unpaired) electrons. The highest BCUT2D eigenvalue weighted by molar-refractivity contribution is 7.71. The van der Waals surface area contributed by atoms with Gasteiger partial charge in [0.05, 0.1) is 0 Å². The van der Waals surface area contributed by atoms with Crippen LogP contribution in [0.15, 0.2) is 24.3 Å². The fourth-order valence-corrected chi connectivity index (χ4v) is 3.92. The van der Waals surface area contributed by atoms with Gasteiger partial charge in [-0.1, -0.05) is 23.8 Å². The molecule has 0 saturated carbocycles. The summed E-state index contributed by atoms with van der Waals surface area (Å²) in [5, 5.41) is 7.14. The number of aromatic amines is 1. The predicted molar refractivity (Wildman–Crippen MR) is 117 cm³/mol. The Kier molecular flexibility index (Phi) is 8.44. The van der Waals surface area contributed by atoms with Crippen molar-refractivity contribution in [3.8, 4) is 11.4 Å². The van der Waals surface area contributed by atoms with Crippen molar-refractivity contribution >= 4 is 18.1 Å². The van der Waals surface area contributed by atoms with Crippen molar-refractivity contribution in [1.29, 1.82) is 0 Å². The number of carbonyl (C=O) groups excluding carboxylic acids is 1. The average molecular weight is 472 g/mol. The number of hydrogen-bond donors (Lipinski definition) is 1. The number of ether oxygens (including phenoxy) is 1. The van der Waals surface area contributed by atoms with Gasteiger partial charge in [-0.25, -0.2) is 0 Å². The van der Waals surface area contributed by atoms with E-state index in [0.717, 1.165) is 11.1 Å². The van der Waals surface area contributed by atoms with Crippen molar-refractivity contribution in [3.05, 3.63) is 34.6 Å². The number of H-pyrrole nitrogens is 1. The van der Waals surface area contributed by atoms with Crippen molar-refractivity contribution in [2.24, 2.45) is 0 Å². The van der Waals surface area contributed by atoms with Crippen LogP contribution >= 0.6 is 12.2 Å². The van der Waals surface area contributed by atoms with E-state index < -0.39 is 12.8 Å². The maximum atomic E-state index is 12.7. The zero-order chi connectivity index (χ0) is 23.1. The molecule has 1 aromatic carbocycles. The summed E-state index contributed by atoms with van der Waals surface area (Å²) >= 11 is 5.35. The van der Waals surface area contributed by atoms with Crippen LogP contribution in [0.4, 0.5) is 13.2 Å². The Morgan fingerprint density at radius 1 is 1.22 bits per heavy atom. The van der Waals surface area contributed by atoms with Gasteiger partial charge in [0.2, 0.25) is 5.91 Å². The first-order valence-electron chi connectivity index (χ1n) is 10.6. The molecule has 1 amide bonds. The first kappa shape index (κ1) is 24.4. The molecule has 11 heteroatoms. The largest absolute Gasteiger partial charge is 0.411 e. The topological polar surface area (TPSA) is 66.4 Å². The van der Waals surface area contributed by atoms with E-state index in [2.05, 4.69) is 19.8 Å². The number of aryl methyl sites for hydroxylation is 1. The summed E-state index contributed by atoms with van der Waals surface area (Å²) in [6, 6.07) is 7.95. The highest BCUT2D eigenvalue weighted by Crippen LogP contribution is 2.19. The molecule has 1 saturated heterocycles. The Balaban J connectivity index is 1.43. The second kappa shape index (κ2) is 11.1. The molecule has 1 fully saturated rings. The van der Waals surface area contributed by atoms with Crippen molar-refractivity contribution in [2.45, 2.75) is 32.5 Å². The van der Waals surface area contributed by atoms with Crippen LogP contribution in [0, 0.1) is 11.7 Å². The molecular weight excluding hydrogens is 443 g/mol. The van der Waals surface area contributed by atoms with Gasteiger partial charge < -0.3 is 9.64 Å². The molecule has 2 heterocycles. The number of piperazine rings is 1. The second-order valence-corrected chi connectivity index (χ2v) is 8.25. The lowest BCUT2D eigenvalue weighted by Crippen LogP contribution is -2.49. The quantitative estimate of drug-likeness (QED) is 0.449. The lowest BCUT2D eigenvalue weighted by atomic mass is 10.1.